The molecule has 0 fully saturated rings. The number of hydrogen-bond acceptors (Lipinski definition) is 1. The third kappa shape index (κ3) is 5.49. The molecule has 0 bridgehead atoms. The Balaban J connectivity index is 2.71. The summed E-state index contributed by atoms with van der Waals surface area (Å²) in [7, 11) is 0. The van der Waals surface area contributed by atoms with Crippen LogP contribution in [0.1, 0.15) is 33.3 Å². The minimum Gasteiger partial charge on any atom is -0.299 e. The fourth-order valence-corrected chi connectivity index (χ4v) is 2.56. The fraction of sp³-hybridized carbons (Fsp3) is 0.600. The Hall–Kier alpha value is -0.410. The van der Waals surface area contributed by atoms with Gasteiger partial charge in [0.15, 0.2) is 0 Å². The van der Waals surface area contributed by atoms with Crippen LogP contribution in [0, 0.1) is 17.7 Å². The third-order valence-corrected chi connectivity index (χ3v) is 3.24. The molecule has 0 aliphatic carbocycles. The summed E-state index contributed by atoms with van der Waals surface area (Å²) in [4.78, 5) is 2.44. The average molecular weight is 316 g/mol. The molecule has 0 spiro atoms. The number of nitrogens with zero attached hydrogens (tertiary/aromatic N) is 1. The van der Waals surface area contributed by atoms with Crippen molar-refractivity contribution in [3.8, 4) is 0 Å². The van der Waals surface area contributed by atoms with E-state index in [1.807, 2.05) is 12.1 Å². The maximum absolute atomic E-state index is 13.2. The van der Waals surface area contributed by atoms with Gasteiger partial charge in [-0.3, -0.25) is 4.90 Å². The van der Waals surface area contributed by atoms with Crippen molar-refractivity contribution in [2.24, 2.45) is 11.8 Å². The lowest BCUT2D eigenvalue weighted by Crippen LogP contribution is -2.30. The SMILES string of the molecule is CC(C)CN(Cc1ccc(F)c(Br)c1)CC(C)C. The lowest BCUT2D eigenvalue weighted by atomic mass is 10.1. The van der Waals surface area contributed by atoms with E-state index in [-0.39, 0.29) is 5.82 Å². The zero-order valence-corrected chi connectivity index (χ0v) is 13.3. The molecule has 0 saturated carbocycles. The molecule has 0 aromatic heterocycles. The van der Waals surface area contributed by atoms with Crippen molar-refractivity contribution in [2.45, 2.75) is 34.2 Å². The highest BCUT2D eigenvalue weighted by molar-refractivity contribution is 9.10. The van der Waals surface area contributed by atoms with Gasteiger partial charge in [0.25, 0.3) is 0 Å². The van der Waals surface area contributed by atoms with E-state index in [1.165, 1.54) is 6.07 Å². The standard InChI is InChI=1S/C15H23BrFN/c1-11(2)8-18(9-12(3)4)10-13-5-6-15(17)14(16)7-13/h5-7,11-12H,8-10H2,1-4H3. The van der Waals surface area contributed by atoms with Crippen molar-refractivity contribution in [1.29, 1.82) is 0 Å². The largest absolute Gasteiger partial charge is 0.299 e. The molecule has 0 N–H and O–H groups in total. The van der Waals surface area contributed by atoms with Gasteiger partial charge in [-0.2, -0.15) is 0 Å². The van der Waals surface area contributed by atoms with E-state index in [2.05, 4.69) is 48.5 Å². The predicted octanol–water partition coefficient (Wildman–Crippen LogP) is 4.70. The first-order chi connectivity index (χ1) is 8.38. The first-order valence-corrected chi connectivity index (χ1v) is 7.34. The molecule has 0 saturated heterocycles. The highest BCUT2D eigenvalue weighted by Crippen LogP contribution is 2.18. The van der Waals surface area contributed by atoms with Crippen LogP contribution in [0.25, 0.3) is 0 Å². The average Bonchev–Trinajstić information content (AvgIpc) is 2.21. The first-order valence-electron chi connectivity index (χ1n) is 6.54. The van der Waals surface area contributed by atoms with Crippen LogP contribution < -0.4 is 0 Å². The second-order valence-corrected chi connectivity index (χ2v) is 6.58. The molecule has 3 heteroatoms. The summed E-state index contributed by atoms with van der Waals surface area (Å²) in [6, 6.07) is 5.28. The minimum atomic E-state index is -0.196. The number of benzene rings is 1. The predicted molar refractivity (Wildman–Crippen MR) is 79.1 cm³/mol. The van der Waals surface area contributed by atoms with Gasteiger partial charge in [0.2, 0.25) is 0 Å². The van der Waals surface area contributed by atoms with Gasteiger partial charge in [-0.15, -0.1) is 0 Å². The second kappa shape index (κ2) is 7.25. The van der Waals surface area contributed by atoms with E-state index in [9.17, 15) is 4.39 Å². The van der Waals surface area contributed by atoms with Crippen molar-refractivity contribution in [3.05, 3.63) is 34.1 Å². The van der Waals surface area contributed by atoms with Crippen LogP contribution in [0.3, 0.4) is 0 Å². The lowest BCUT2D eigenvalue weighted by molar-refractivity contribution is 0.211. The van der Waals surface area contributed by atoms with Gasteiger partial charge < -0.3 is 0 Å². The van der Waals surface area contributed by atoms with E-state index in [1.54, 1.807) is 0 Å². The molecule has 102 valence electrons. The third-order valence-electron chi connectivity index (χ3n) is 2.64. The van der Waals surface area contributed by atoms with E-state index >= 15 is 0 Å². The molecular formula is C15H23BrFN. The van der Waals surface area contributed by atoms with Gasteiger partial charge in [-0.1, -0.05) is 33.8 Å². The summed E-state index contributed by atoms with van der Waals surface area (Å²) in [5.41, 5.74) is 1.16. The molecule has 18 heavy (non-hydrogen) atoms. The van der Waals surface area contributed by atoms with Crippen molar-refractivity contribution >= 4 is 15.9 Å². The second-order valence-electron chi connectivity index (χ2n) is 5.73. The maximum atomic E-state index is 13.2. The van der Waals surface area contributed by atoms with Crippen molar-refractivity contribution in [1.82, 2.24) is 4.90 Å². The summed E-state index contributed by atoms with van der Waals surface area (Å²) in [5, 5.41) is 0. The molecule has 0 heterocycles. The van der Waals surface area contributed by atoms with E-state index < -0.39 is 0 Å². The molecule has 0 aliphatic rings. The fourth-order valence-electron chi connectivity index (χ4n) is 2.13. The van der Waals surface area contributed by atoms with Crippen LogP contribution in [0.2, 0.25) is 0 Å². The Bertz CT molecular complexity index is 367. The summed E-state index contributed by atoms with van der Waals surface area (Å²) >= 11 is 3.24. The summed E-state index contributed by atoms with van der Waals surface area (Å²) < 4.78 is 13.7. The molecule has 1 rings (SSSR count). The summed E-state index contributed by atoms with van der Waals surface area (Å²) in [6.45, 7) is 12.0. The molecule has 1 aromatic rings. The Morgan fingerprint density at radius 1 is 1.11 bits per heavy atom. The van der Waals surface area contributed by atoms with Gasteiger partial charge in [0, 0.05) is 19.6 Å². The summed E-state index contributed by atoms with van der Waals surface area (Å²) in [5.74, 6) is 1.10. The Kier molecular flexibility index (Phi) is 6.30. The Morgan fingerprint density at radius 3 is 2.11 bits per heavy atom. The van der Waals surface area contributed by atoms with Crippen LogP contribution in [0.5, 0.6) is 0 Å². The van der Waals surface area contributed by atoms with E-state index in [0.717, 1.165) is 25.2 Å². The van der Waals surface area contributed by atoms with Crippen LogP contribution in [0.4, 0.5) is 4.39 Å². The summed E-state index contributed by atoms with van der Waals surface area (Å²) in [6.07, 6.45) is 0. The smallest absolute Gasteiger partial charge is 0.137 e. The van der Waals surface area contributed by atoms with Gasteiger partial charge >= 0.3 is 0 Å². The number of rotatable bonds is 6. The number of hydrogen-bond donors (Lipinski definition) is 0. The molecular weight excluding hydrogens is 293 g/mol. The van der Waals surface area contributed by atoms with E-state index in [4.69, 9.17) is 0 Å². The molecule has 0 unspecified atom stereocenters. The van der Waals surface area contributed by atoms with Gasteiger partial charge in [-0.25, -0.2) is 4.39 Å². The first kappa shape index (κ1) is 15.6. The molecule has 0 radical (unpaired) electrons. The van der Waals surface area contributed by atoms with Crippen LogP contribution >= 0.6 is 15.9 Å². The Labute approximate surface area is 119 Å². The zero-order chi connectivity index (χ0) is 13.7. The zero-order valence-electron chi connectivity index (χ0n) is 11.7. The normalized spacial score (nSPS) is 11.8. The quantitative estimate of drug-likeness (QED) is 0.735. The van der Waals surface area contributed by atoms with Crippen molar-refractivity contribution in [3.63, 3.8) is 0 Å². The topological polar surface area (TPSA) is 3.24 Å². The van der Waals surface area contributed by atoms with Crippen molar-refractivity contribution in [2.75, 3.05) is 13.1 Å². The maximum Gasteiger partial charge on any atom is 0.137 e. The minimum absolute atomic E-state index is 0.196. The molecule has 0 amide bonds. The van der Waals surface area contributed by atoms with Gasteiger partial charge in [-0.05, 0) is 45.5 Å². The number of halogens is 2. The molecule has 0 atom stereocenters. The van der Waals surface area contributed by atoms with Crippen LogP contribution in [-0.2, 0) is 6.54 Å². The van der Waals surface area contributed by atoms with Crippen molar-refractivity contribution < 1.29 is 4.39 Å². The highest BCUT2D eigenvalue weighted by atomic mass is 79.9. The Morgan fingerprint density at radius 2 is 1.67 bits per heavy atom. The molecule has 1 aromatic carbocycles. The van der Waals surface area contributed by atoms with Gasteiger partial charge in [0.1, 0.15) is 5.82 Å². The lowest BCUT2D eigenvalue weighted by Gasteiger charge is -2.26. The molecule has 1 nitrogen and oxygen atoms in total. The van der Waals surface area contributed by atoms with E-state index in [0.29, 0.717) is 16.3 Å². The van der Waals surface area contributed by atoms with Gasteiger partial charge in [0.05, 0.1) is 4.47 Å². The van der Waals surface area contributed by atoms with Crippen LogP contribution in [-0.4, -0.2) is 18.0 Å². The van der Waals surface area contributed by atoms with Crippen LogP contribution in [0.15, 0.2) is 22.7 Å². The molecule has 0 aliphatic heterocycles. The highest BCUT2D eigenvalue weighted by Gasteiger charge is 2.11. The monoisotopic (exact) mass is 315 g/mol.